The van der Waals surface area contributed by atoms with Crippen LogP contribution in [0, 0.1) is 6.92 Å². The van der Waals surface area contributed by atoms with Gasteiger partial charge in [-0.1, -0.05) is 18.2 Å². The zero-order valence-corrected chi connectivity index (χ0v) is 15.2. The van der Waals surface area contributed by atoms with Crippen LogP contribution in [0.3, 0.4) is 0 Å². The summed E-state index contributed by atoms with van der Waals surface area (Å²) in [7, 11) is 3.16. The first-order valence-corrected chi connectivity index (χ1v) is 8.39. The number of benzene rings is 2. The number of aromatic amines is 1. The van der Waals surface area contributed by atoms with Crippen LogP contribution < -0.4 is 15.0 Å². The Morgan fingerprint density at radius 1 is 1.15 bits per heavy atom. The number of para-hydroxylation sites is 1. The molecule has 7 nitrogen and oxygen atoms in total. The molecule has 7 heteroatoms. The number of nitrogens with zero attached hydrogens (tertiary/aromatic N) is 3. The van der Waals surface area contributed by atoms with Gasteiger partial charge < -0.3 is 14.5 Å². The van der Waals surface area contributed by atoms with Gasteiger partial charge in [-0.3, -0.25) is 4.79 Å². The van der Waals surface area contributed by atoms with E-state index in [0.717, 1.165) is 16.5 Å². The van der Waals surface area contributed by atoms with E-state index in [1.807, 2.05) is 30.3 Å². The predicted octanol–water partition coefficient (Wildman–Crippen LogP) is 3.09. The van der Waals surface area contributed by atoms with Gasteiger partial charge in [-0.05, 0) is 25.1 Å². The lowest BCUT2D eigenvalue weighted by atomic mass is 10.2. The number of nitrogens with one attached hydrogen (secondary N) is 1. The van der Waals surface area contributed by atoms with Crippen molar-refractivity contribution in [2.24, 2.45) is 5.10 Å². The second-order valence-electron chi connectivity index (χ2n) is 6.02. The Morgan fingerprint density at radius 3 is 2.74 bits per heavy atom. The summed E-state index contributed by atoms with van der Waals surface area (Å²) in [6, 6.07) is 13.1. The fraction of sp³-hybridized carbons (Fsp3) is 0.150. The number of aryl methyl sites for hydroxylation is 1. The molecular formula is C20H18N4O3. The van der Waals surface area contributed by atoms with Gasteiger partial charge >= 0.3 is 0 Å². The average Bonchev–Trinajstić information content (AvgIpc) is 3.06. The Morgan fingerprint density at radius 2 is 1.96 bits per heavy atom. The standard InChI is InChI=1S/C20H18N4O3/c1-12-22-18-15-6-4-5-7-16(15)23-19(18)20(25)24(12)21-11-13-8-9-14(26-2)10-17(13)27-3/h4-11,23H,1-3H3. The van der Waals surface area contributed by atoms with Crippen LogP contribution in [-0.2, 0) is 0 Å². The molecule has 1 N–H and O–H groups in total. The molecule has 0 fully saturated rings. The zero-order valence-electron chi connectivity index (χ0n) is 15.2. The number of methoxy groups -OCH3 is 2. The van der Waals surface area contributed by atoms with E-state index in [1.54, 1.807) is 39.5 Å². The first-order valence-electron chi connectivity index (χ1n) is 8.39. The first kappa shape index (κ1) is 16.8. The van der Waals surface area contributed by atoms with Crippen LogP contribution in [0.5, 0.6) is 11.5 Å². The largest absolute Gasteiger partial charge is 0.497 e. The minimum absolute atomic E-state index is 0.252. The number of fused-ring (bicyclic) bond motifs is 3. The van der Waals surface area contributed by atoms with E-state index in [1.165, 1.54) is 4.68 Å². The summed E-state index contributed by atoms with van der Waals surface area (Å²) < 4.78 is 11.8. The molecule has 0 unspecified atom stereocenters. The van der Waals surface area contributed by atoms with Crippen LogP contribution in [0.2, 0.25) is 0 Å². The summed E-state index contributed by atoms with van der Waals surface area (Å²) in [4.78, 5) is 20.6. The predicted molar refractivity (Wildman–Crippen MR) is 105 cm³/mol. The lowest BCUT2D eigenvalue weighted by Gasteiger charge is -2.07. The van der Waals surface area contributed by atoms with E-state index in [-0.39, 0.29) is 5.56 Å². The Bertz CT molecular complexity index is 1240. The van der Waals surface area contributed by atoms with E-state index in [0.29, 0.717) is 28.4 Å². The zero-order chi connectivity index (χ0) is 19.0. The fourth-order valence-electron chi connectivity index (χ4n) is 3.04. The minimum atomic E-state index is -0.252. The van der Waals surface area contributed by atoms with Crippen molar-refractivity contribution < 1.29 is 9.47 Å². The topological polar surface area (TPSA) is 81.5 Å². The number of H-pyrrole nitrogens is 1. The molecule has 0 saturated heterocycles. The molecular weight excluding hydrogens is 344 g/mol. The number of ether oxygens (including phenoxy) is 2. The average molecular weight is 362 g/mol. The third-order valence-electron chi connectivity index (χ3n) is 4.42. The van der Waals surface area contributed by atoms with Crippen molar-refractivity contribution in [3.63, 3.8) is 0 Å². The third-order valence-corrected chi connectivity index (χ3v) is 4.42. The summed E-state index contributed by atoms with van der Waals surface area (Å²) in [6.07, 6.45) is 1.57. The fourth-order valence-corrected chi connectivity index (χ4v) is 3.04. The number of rotatable bonds is 4. The van der Waals surface area contributed by atoms with Crippen molar-refractivity contribution in [1.82, 2.24) is 14.6 Å². The van der Waals surface area contributed by atoms with Crippen molar-refractivity contribution in [3.05, 3.63) is 64.2 Å². The van der Waals surface area contributed by atoms with Crippen LogP contribution >= 0.6 is 0 Å². The van der Waals surface area contributed by atoms with Crippen LogP contribution in [0.15, 0.2) is 52.4 Å². The Labute approximate surface area is 154 Å². The molecule has 0 radical (unpaired) electrons. The van der Waals surface area contributed by atoms with Gasteiger partial charge in [0.2, 0.25) is 0 Å². The van der Waals surface area contributed by atoms with Gasteiger partial charge in [0.05, 0.1) is 20.4 Å². The van der Waals surface area contributed by atoms with Crippen molar-refractivity contribution in [2.75, 3.05) is 14.2 Å². The van der Waals surface area contributed by atoms with Crippen molar-refractivity contribution >= 4 is 28.2 Å². The highest BCUT2D eigenvalue weighted by Gasteiger charge is 2.13. The van der Waals surface area contributed by atoms with Gasteiger partial charge in [0, 0.05) is 22.5 Å². The second kappa shape index (κ2) is 6.60. The smallest absolute Gasteiger partial charge is 0.298 e. The van der Waals surface area contributed by atoms with Crippen molar-refractivity contribution in [1.29, 1.82) is 0 Å². The molecule has 0 saturated carbocycles. The Balaban J connectivity index is 1.84. The van der Waals surface area contributed by atoms with Crippen molar-refractivity contribution in [3.8, 4) is 11.5 Å². The summed E-state index contributed by atoms with van der Waals surface area (Å²) in [5.74, 6) is 1.78. The van der Waals surface area contributed by atoms with Crippen LogP contribution in [-0.4, -0.2) is 35.1 Å². The monoisotopic (exact) mass is 362 g/mol. The van der Waals surface area contributed by atoms with Crippen molar-refractivity contribution in [2.45, 2.75) is 6.92 Å². The maximum Gasteiger partial charge on any atom is 0.298 e. The van der Waals surface area contributed by atoms with Gasteiger partial charge in [-0.15, -0.1) is 0 Å². The first-order chi connectivity index (χ1) is 13.1. The lowest BCUT2D eigenvalue weighted by molar-refractivity contribution is 0.394. The van der Waals surface area contributed by atoms with E-state index < -0.39 is 0 Å². The highest BCUT2D eigenvalue weighted by molar-refractivity contribution is 6.04. The Hall–Kier alpha value is -3.61. The highest BCUT2D eigenvalue weighted by Crippen LogP contribution is 2.24. The molecule has 0 atom stereocenters. The normalized spacial score (nSPS) is 11.5. The molecule has 2 heterocycles. The third kappa shape index (κ3) is 2.83. The van der Waals surface area contributed by atoms with E-state index >= 15 is 0 Å². The van der Waals surface area contributed by atoms with Crippen LogP contribution in [0.25, 0.3) is 21.9 Å². The number of aromatic nitrogens is 3. The summed E-state index contributed by atoms with van der Waals surface area (Å²) in [6.45, 7) is 1.76. The van der Waals surface area contributed by atoms with E-state index in [9.17, 15) is 4.79 Å². The molecule has 2 aromatic heterocycles. The quantitative estimate of drug-likeness (QED) is 0.566. The van der Waals surface area contributed by atoms with Gasteiger partial charge in [-0.2, -0.15) is 9.78 Å². The van der Waals surface area contributed by atoms with Gasteiger partial charge in [0.1, 0.15) is 28.4 Å². The molecule has 0 aliphatic rings. The SMILES string of the molecule is COc1ccc(C=Nn2c(C)nc3c([nH]c4ccccc43)c2=O)c(OC)c1. The maximum atomic E-state index is 12.9. The summed E-state index contributed by atoms with van der Waals surface area (Å²) in [5, 5.41) is 5.25. The molecule has 27 heavy (non-hydrogen) atoms. The molecule has 0 amide bonds. The highest BCUT2D eigenvalue weighted by atomic mass is 16.5. The maximum absolute atomic E-state index is 12.9. The minimum Gasteiger partial charge on any atom is -0.497 e. The molecule has 0 aliphatic carbocycles. The molecule has 4 rings (SSSR count). The molecule has 0 bridgehead atoms. The van der Waals surface area contributed by atoms with E-state index in [4.69, 9.17) is 9.47 Å². The molecule has 2 aromatic carbocycles. The van der Waals surface area contributed by atoms with Gasteiger partial charge in [0.25, 0.3) is 5.56 Å². The molecule has 4 aromatic rings. The molecule has 136 valence electrons. The van der Waals surface area contributed by atoms with Gasteiger partial charge in [-0.25, -0.2) is 4.98 Å². The van der Waals surface area contributed by atoms with Crippen LogP contribution in [0.1, 0.15) is 11.4 Å². The second-order valence-corrected chi connectivity index (χ2v) is 6.02. The van der Waals surface area contributed by atoms with E-state index in [2.05, 4.69) is 15.1 Å². The summed E-state index contributed by atoms with van der Waals surface area (Å²) >= 11 is 0. The Kier molecular flexibility index (Phi) is 4.12. The summed E-state index contributed by atoms with van der Waals surface area (Å²) in [5.41, 5.74) is 2.43. The lowest BCUT2D eigenvalue weighted by Crippen LogP contribution is -2.20. The molecule has 0 spiro atoms. The number of hydrogen-bond donors (Lipinski definition) is 1. The van der Waals surface area contributed by atoms with Crippen LogP contribution in [0.4, 0.5) is 0 Å². The van der Waals surface area contributed by atoms with Gasteiger partial charge in [0.15, 0.2) is 0 Å². The molecule has 0 aliphatic heterocycles. The number of hydrogen-bond acceptors (Lipinski definition) is 5.